The summed E-state index contributed by atoms with van der Waals surface area (Å²) in [5.74, 6) is -1.04. The van der Waals surface area contributed by atoms with Gasteiger partial charge in [0.15, 0.2) is 25.3 Å². The molecule has 3 atom stereocenters. The Labute approximate surface area is 536 Å². The fraction of sp³-hybridized carbons (Fsp3) is 0.412. The van der Waals surface area contributed by atoms with Crippen molar-refractivity contribution < 1.29 is 39.6 Å². The highest BCUT2D eigenvalue weighted by Crippen LogP contribution is 2.51. The Morgan fingerprint density at radius 1 is 0.624 bits per heavy atom. The predicted octanol–water partition coefficient (Wildman–Crippen LogP) is 10.4. The number of aromatic nitrogens is 11. The second-order valence-corrected chi connectivity index (χ2v) is 29.4. The average molecular weight is 1290 g/mol. The molecule has 0 N–H and O–H groups in total. The highest BCUT2D eigenvalue weighted by Gasteiger charge is 2.46. The van der Waals surface area contributed by atoms with Crippen LogP contribution in [0.4, 0.5) is 0 Å². The molecule has 0 radical (unpaired) electrons. The number of benzene rings is 1. The molecule has 14 rings (SSSR count). The summed E-state index contributed by atoms with van der Waals surface area (Å²) in [5.41, 5.74) is 8.47. The molecule has 9 aromatic heterocycles. The summed E-state index contributed by atoms with van der Waals surface area (Å²) in [6, 6.07) is 18.6. The monoisotopic (exact) mass is 1290 g/mol. The Kier molecular flexibility index (Phi) is 16.3. The van der Waals surface area contributed by atoms with Crippen LogP contribution in [0.1, 0.15) is 134 Å². The summed E-state index contributed by atoms with van der Waals surface area (Å²) in [4.78, 5) is 39.3. The summed E-state index contributed by atoms with van der Waals surface area (Å²) >= 11 is 0. The van der Waals surface area contributed by atoms with Crippen molar-refractivity contribution in [2.75, 3.05) is 37.9 Å². The fourth-order valence-electron chi connectivity index (χ4n) is 14.1. The first-order valence-electron chi connectivity index (χ1n) is 31.6. The van der Waals surface area contributed by atoms with Crippen LogP contribution in [0.25, 0.3) is 67.3 Å². The van der Waals surface area contributed by atoms with Gasteiger partial charge in [-0.05, 0) is 135 Å². The lowest BCUT2D eigenvalue weighted by Gasteiger charge is -2.24. The van der Waals surface area contributed by atoms with Crippen molar-refractivity contribution in [1.82, 2.24) is 54.4 Å². The number of oxazole rings is 1. The molecule has 4 aliphatic heterocycles. The Hall–Kier alpha value is -9.14. The first kappa shape index (κ1) is 61.4. The normalized spacial score (nSPS) is 18.3. The van der Waals surface area contributed by atoms with E-state index in [1.807, 2.05) is 43.7 Å². The molecular formula is C68H67N13O10S2. The van der Waals surface area contributed by atoms with Gasteiger partial charge in [0.25, 0.3) is 0 Å². The van der Waals surface area contributed by atoms with E-state index in [1.165, 1.54) is 17.0 Å². The maximum absolute atomic E-state index is 15.3. The van der Waals surface area contributed by atoms with Gasteiger partial charge in [0.05, 0.1) is 96.3 Å². The number of hydrogen-bond acceptors (Lipinski definition) is 21. The van der Waals surface area contributed by atoms with Gasteiger partial charge in [0.1, 0.15) is 17.8 Å². The van der Waals surface area contributed by atoms with Gasteiger partial charge in [-0.15, -0.1) is 20.4 Å². The number of hydrogen-bond donors (Lipinski definition) is 0. The van der Waals surface area contributed by atoms with Crippen LogP contribution in [0, 0.1) is 60.2 Å². The van der Waals surface area contributed by atoms with Crippen LogP contribution in [-0.4, -0.2) is 109 Å². The zero-order valence-electron chi connectivity index (χ0n) is 52.1. The molecule has 2 saturated heterocycles. The van der Waals surface area contributed by atoms with Gasteiger partial charge in [0.2, 0.25) is 23.6 Å². The molecule has 0 amide bonds. The van der Waals surface area contributed by atoms with E-state index in [4.69, 9.17) is 42.7 Å². The molecule has 0 aliphatic carbocycles. The molecule has 0 spiro atoms. The quantitative estimate of drug-likeness (QED) is 0.0770. The molecule has 0 saturated carbocycles. The molecule has 2 fully saturated rings. The van der Waals surface area contributed by atoms with E-state index in [-0.39, 0.29) is 69.0 Å². The number of pyridine rings is 5. The molecule has 25 heteroatoms. The van der Waals surface area contributed by atoms with Crippen LogP contribution in [0.15, 0.2) is 101 Å². The second kappa shape index (κ2) is 24.7. The van der Waals surface area contributed by atoms with Crippen molar-refractivity contribution >= 4 is 41.8 Å². The fourth-order valence-corrected chi connectivity index (χ4v) is 18.5. The lowest BCUT2D eigenvalue weighted by atomic mass is 9.84. The number of nitrogens with zero attached hydrogens (tertiary/aromatic N) is 13. The van der Waals surface area contributed by atoms with Gasteiger partial charge < -0.3 is 27.3 Å². The minimum absolute atomic E-state index is 0.0472. The first-order valence-corrected chi connectivity index (χ1v) is 34.9. The highest BCUT2D eigenvalue weighted by atomic mass is 32.2. The SMILES string of the molecule is Cc1nnc(-c2c(CCC3CCOCC3)nc3c(c2-c2ccc4c(c2)oc(=O)n4Cc2ncc(C#N)cc2CC(C)[C@H]2CS(=O)(=O)c4c2nc(CCC2CCOCC2)c(-c2nnc(C)o2)c4-c2cnc4c(ccn4Cc4ccc(C#N)cn4)c2)S(=O)(=O)C[C@@H]3C(C)C)o1. The van der Waals surface area contributed by atoms with Gasteiger partial charge >= 0.3 is 5.76 Å². The molecule has 23 nitrogen and oxygen atoms in total. The summed E-state index contributed by atoms with van der Waals surface area (Å²) in [7, 11) is -8.03. The zero-order valence-corrected chi connectivity index (χ0v) is 53.8. The van der Waals surface area contributed by atoms with Gasteiger partial charge in [-0.25, -0.2) is 26.6 Å². The van der Waals surface area contributed by atoms with Crippen molar-refractivity contribution in [1.29, 1.82) is 10.5 Å². The number of nitriles is 2. The van der Waals surface area contributed by atoms with Gasteiger partial charge in [-0.1, -0.05) is 26.8 Å². The summed E-state index contributed by atoms with van der Waals surface area (Å²) in [6.07, 6.45) is 12.8. The molecule has 13 heterocycles. The maximum atomic E-state index is 15.3. The topological polar surface area (TPSA) is 317 Å². The highest BCUT2D eigenvalue weighted by molar-refractivity contribution is 7.92. The smallest absolute Gasteiger partial charge is 0.420 e. The van der Waals surface area contributed by atoms with E-state index in [0.717, 1.165) is 49.6 Å². The number of aryl methyl sites for hydroxylation is 4. The molecule has 10 aromatic rings. The Morgan fingerprint density at radius 2 is 1.23 bits per heavy atom. The first-order chi connectivity index (χ1) is 44.9. The van der Waals surface area contributed by atoms with Crippen LogP contribution < -0.4 is 5.76 Å². The zero-order chi connectivity index (χ0) is 64.4. The van der Waals surface area contributed by atoms with E-state index in [1.54, 1.807) is 56.4 Å². The van der Waals surface area contributed by atoms with Crippen LogP contribution in [0.2, 0.25) is 0 Å². The second-order valence-electron chi connectivity index (χ2n) is 25.5. The van der Waals surface area contributed by atoms with Crippen LogP contribution >= 0.6 is 0 Å². The molecule has 1 unspecified atom stereocenters. The molecular weight excluding hydrogens is 1220 g/mol. The number of rotatable bonds is 18. The largest absolute Gasteiger partial charge is 0.421 e. The third-order valence-corrected chi connectivity index (χ3v) is 22.7. The lowest BCUT2D eigenvalue weighted by Crippen LogP contribution is -2.20. The minimum atomic E-state index is -4.12. The molecule has 476 valence electrons. The lowest BCUT2D eigenvalue weighted by molar-refractivity contribution is 0.0638. The summed E-state index contributed by atoms with van der Waals surface area (Å²) in [5, 5.41) is 37.8. The standard InChI is InChI=1S/C68H67N13O10S2/c1-37(2)50-35-92(83,84)63-57(59(66-78-76-39(4)89-66)52(74-61(50)63)11-7-41-15-20-87-21-16-41)45-9-13-55-56(27-45)91-68(82)81(55)34-54-47(25-44(29-70)31-72-54)24-38(3)51-36-93(85,86)64-58(48-26-46-14-19-80(65(46)73-32-48)33-49-10-6-43(28-69)30-71-49)60(67-79-77-40(5)90-67)53(75-62(51)64)12-8-42-17-22-88-23-18-42/h6,9-10,13-14,19,25-27,30-32,37-38,41-42,50-51H,7-8,11-12,15-18,20-24,33-36H2,1-5H3/t38?,50-,51-/m1/s1. The minimum Gasteiger partial charge on any atom is -0.421 e. The molecule has 0 bridgehead atoms. The van der Waals surface area contributed by atoms with Crippen LogP contribution in [-0.2, 0) is 61.5 Å². The summed E-state index contributed by atoms with van der Waals surface area (Å²) < 4.78 is 93.0. The number of fused-ring (bicyclic) bond motifs is 4. The van der Waals surface area contributed by atoms with Crippen molar-refractivity contribution in [3.63, 3.8) is 0 Å². The van der Waals surface area contributed by atoms with Gasteiger partial charge in [-0.3, -0.25) is 24.5 Å². The number of ether oxygens (including phenoxy) is 2. The Morgan fingerprint density at radius 3 is 1.81 bits per heavy atom. The third-order valence-electron chi connectivity index (χ3n) is 19.0. The Balaban J connectivity index is 0.839. The molecule has 4 aliphatic rings. The van der Waals surface area contributed by atoms with Crippen molar-refractivity contribution in [3.8, 4) is 57.3 Å². The van der Waals surface area contributed by atoms with E-state index in [9.17, 15) is 23.7 Å². The Bertz CT molecular complexity index is 4970. The van der Waals surface area contributed by atoms with E-state index < -0.39 is 37.3 Å². The van der Waals surface area contributed by atoms with Crippen molar-refractivity contribution in [3.05, 3.63) is 147 Å². The van der Waals surface area contributed by atoms with Gasteiger partial charge in [-0.2, -0.15) is 10.5 Å². The maximum Gasteiger partial charge on any atom is 0.420 e. The number of sulfone groups is 2. The van der Waals surface area contributed by atoms with Crippen molar-refractivity contribution in [2.45, 2.75) is 127 Å². The van der Waals surface area contributed by atoms with E-state index in [2.05, 4.69) is 37.5 Å². The molecule has 1 aromatic carbocycles. The summed E-state index contributed by atoms with van der Waals surface area (Å²) in [6.45, 7) is 12.2. The van der Waals surface area contributed by atoms with Gasteiger partial charge in [0, 0.05) is 99.0 Å². The van der Waals surface area contributed by atoms with Crippen LogP contribution in [0.3, 0.4) is 0 Å². The third kappa shape index (κ3) is 11.7. The van der Waals surface area contributed by atoms with E-state index >= 15 is 8.42 Å². The molecule has 93 heavy (non-hydrogen) atoms. The van der Waals surface area contributed by atoms with E-state index in [0.29, 0.717) is 154 Å². The van der Waals surface area contributed by atoms with Crippen molar-refractivity contribution in [2.24, 2.45) is 23.7 Å². The average Bonchev–Trinajstić information content (AvgIpc) is 1.63. The van der Waals surface area contributed by atoms with Crippen LogP contribution in [0.5, 0.6) is 0 Å². The predicted molar refractivity (Wildman–Crippen MR) is 340 cm³/mol.